The van der Waals surface area contributed by atoms with Gasteiger partial charge >= 0.3 is 0 Å². The summed E-state index contributed by atoms with van der Waals surface area (Å²) in [5.41, 5.74) is 3.70. The molecule has 0 amide bonds. The second-order valence-electron chi connectivity index (χ2n) is 7.78. The summed E-state index contributed by atoms with van der Waals surface area (Å²) in [5.74, 6) is 1.17. The number of nitriles is 1. The third-order valence-electron chi connectivity index (χ3n) is 5.66. The van der Waals surface area contributed by atoms with Gasteiger partial charge in [-0.3, -0.25) is 4.79 Å². The summed E-state index contributed by atoms with van der Waals surface area (Å²) in [6.07, 6.45) is 0.971. The molecular formula is C23H24N4O2. The molecule has 3 aromatic rings. The highest BCUT2D eigenvalue weighted by Crippen LogP contribution is 2.30. The third kappa shape index (κ3) is 3.68. The standard InChI is InChI=1S/C23H24N4O2/c1-15-4-7-18(8-5-15)29-21-10-11-27(14-16(21)2)20-12-22(28)26(3)19-9-6-17(13-24)25-23(19)20/h4-9,12,16,21H,10-11,14H2,1-3H3/t16-,21-/m0/s1. The normalized spacial score (nSPS) is 19.2. The van der Waals surface area contributed by atoms with Gasteiger partial charge in [0.05, 0.1) is 11.2 Å². The molecular weight excluding hydrogens is 364 g/mol. The van der Waals surface area contributed by atoms with Crippen LogP contribution in [-0.2, 0) is 7.05 Å². The molecule has 6 nitrogen and oxygen atoms in total. The van der Waals surface area contributed by atoms with Crippen molar-refractivity contribution >= 4 is 16.7 Å². The van der Waals surface area contributed by atoms with Gasteiger partial charge in [0.2, 0.25) is 0 Å². The molecule has 4 rings (SSSR count). The lowest BCUT2D eigenvalue weighted by molar-refractivity contribution is 0.121. The Kier molecular flexibility index (Phi) is 4.98. The minimum absolute atomic E-state index is 0.0790. The van der Waals surface area contributed by atoms with Crippen LogP contribution in [0.15, 0.2) is 47.3 Å². The summed E-state index contributed by atoms with van der Waals surface area (Å²) < 4.78 is 7.80. The van der Waals surface area contributed by atoms with Crippen LogP contribution in [0, 0.1) is 24.2 Å². The third-order valence-corrected chi connectivity index (χ3v) is 5.66. The second-order valence-corrected chi connectivity index (χ2v) is 7.78. The van der Waals surface area contributed by atoms with Gasteiger partial charge in [-0.25, -0.2) is 4.98 Å². The van der Waals surface area contributed by atoms with Crippen molar-refractivity contribution in [2.45, 2.75) is 26.4 Å². The first kappa shape index (κ1) is 19.0. The van der Waals surface area contributed by atoms with Crippen molar-refractivity contribution in [3.63, 3.8) is 0 Å². The Morgan fingerprint density at radius 1 is 1.21 bits per heavy atom. The lowest BCUT2D eigenvalue weighted by Crippen LogP contribution is -2.45. The number of aryl methyl sites for hydroxylation is 2. The molecule has 0 N–H and O–H groups in total. The van der Waals surface area contributed by atoms with Crippen LogP contribution < -0.4 is 15.2 Å². The van der Waals surface area contributed by atoms with Crippen molar-refractivity contribution in [1.29, 1.82) is 5.26 Å². The maximum absolute atomic E-state index is 12.5. The lowest BCUT2D eigenvalue weighted by atomic mass is 9.95. The largest absolute Gasteiger partial charge is 0.490 e. The minimum Gasteiger partial charge on any atom is -0.490 e. The molecule has 0 saturated carbocycles. The number of aromatic nitrogens is 2. The number of nitrogens with zero attached hydrogens (tertiary/aromatic N) is 4. The van der Waals surface area contributed by atoms with Gasteiger partial charge in [-0.1, -0.05) is 24.6 Å². The predicted molar refractivity (Wildman–Crippen MR) is 113 cm³/mol. The van der Waals surface area contributed by atoms with E-state index < -0.39 is 0 Å². The fraction of sp³-hybridized carbons (Fsp3) is 0.348. The van der Waals surface area contributed by atoms with Crippen LogP contribution in [0.25, 0.3) is 11.0 Å². The molecule has 0 unspecified atom stereocenters. The van der Waals surface area contributed by atoms with Crippen molar-refractivity contribution in [1.82, 2.24) is 9.55 Å². The van der Waals surface area contributed by atoms with Gasteiger partial charge in [-0.15, -0.1) is 0 Å². The van der Waals surface area contributed by atoms with Crippen LogP contribution in [0.3, 0.4) is 0 Å². The summed E-state index contributed by atoms with van der Waals surface area (Å²) in [4.78, 5) is 19.2. The highest BCUT2D eigenvalue weighted by Gasteiger charge is 2.29. The van der Waals surface area contributed by atoms with Crippen LogP contribution in [0.4, 0.5) is 5.69 Å². The lowest BCUT2D eigenvalue weighted by Gasteiger charge is -2.38. The van der Waals surface area contributed by atoms with Gasteiger partial charge in [0.25, 0.3) is 5.56 Å². The van der Waals surface area contributed by atoms with Crippen molar-refractivity contribution < 1.29 is 4.74 Å². The minimum atomic E-state index is -0.0790. The number of fused-ring (bicyclic) bond motifs is 1. The Hall–Kier alpha value is -3.33. The molecule has 1 saturated heterocycles. The molecule has 3 heterocycles. The molecule has 0 aliphatic carbocycles. The van der Waals surface area contributed by atoms with E-state index in [1.165, 1.54) is 5.56 Å². The maximum Gasteiger partial charge on any atom is 0.252 e. The van der Waals surface area contributed by atoms with E-state index in [1.54, 1.807) is 29.8 Å². The number of rotatable bonds is 3. The Bertz CT molecular complexity index is 1140. The molecule has 1 aromatic carbocycles. The maximum atomic E-state index is 12.5. The quantitative estimate of drug-likeness (QED) is 0.688. The van der Waals surface area contributed by atoms with E-state index in [4.69, 9.17) is 4.74 Å². The molecule has 2 atom stereocenters. The van der Waals surface area contributed by atoms with Crippen LogP contribution >= 0.6 is 0 Å². The van der Waals surface area contributed by atoms with Crippen molar-refractivity contribution in [3.05, 3.63) is 64.1 Å². The zero-order chi connectivity index (χ0) is 20.5. The SMILES string of the molecule is Cc1ccc(O[C@H]2CCN(c3cc(=O)n(C)c4ccc(C#N)nc34)C[C@@H]2C)cc1. The Morgan fingerprint density at radius 3 is 2.66 bits per heavy atom. The van der Waals surface area contributed by atoms with Gasteiger partial charge in [0.1, 0.15) is 29.1 Å². The molecule has 6 heteroatoms. The molecule has 0 spiro atoms. The van der Waals surface area contributed by atoms with Crippen molar-refractivity contribution in [3.8, 4) is 11.8 Å². The smallest absolute Gasteiger partial charge is 0.252 e. The highest BCUT2D eigenvalue weighted by molar-refractivity contribution is 5.88. The monoisotopic (exact) mass is 388 g/mol. The van der Waals surface area contributed by atoms with Gasteiger partial charge in [0.15, 0.2) is 0 Å². The van der Waals surface area contributed by atoms with Crippen LogP contribution in [0.1, 0.15) is 24.6 Å². The number of anilines is 1. The topological polar surface area (TPSA) is 71.2 Å². The predicted octanol–water partition coefficient (Wildman–Crippen LogP) is 3.41. The van der Waals surface area contributed by atoms with Gasteiger partial charge < -0.3 is 14.2 Å². The molecule has 29 heavy (non-hydrogen) atoms. The first-order chi connectivity index (χ1) is 14.0. The number of ether oxygens (including phenoxy) is 1. The molecule has 1 aliphatic rings. The molecule has 2 aromatic heterocycles. The number of benzene rings is 1. The van der Waals surface area contributed by atoms with E-state index in [9.17, 15) is 10.1 Å². The van der Waals surface area contributed by atoms with Crippen LogP contribution in [0.2, 0.25) is 0 Å². The summed E-state index contributed by atoms with van der Waals surface area (Å²) in [5, 5.41) is 9.25. The Morgan fingerprint density at radius 2 is 1.97 bits per heavy atom. The fourth-order valence-electron chi connectivity index (χ4n) is 3.92. The van der Waals surface area contributed by atoms with E-state index in [0.29, 0.717) is 11.2 Å². The van der Waals surface area contributed by atoms with Gasteiger partial charge in [-0.05, 0) is 31.2 Å². The van der Waals surface area contributed by atoms with Crippen LogP contribution in [0.5, 0.6) is 5.75 Å². The molecule has 1 aliphatic heterocycles. The molecule has 0 radical (unpaired) electrons. The zero-order valence-corrected chi connectivity index (χ0v) is 16.9. The average molecular weight is 388 g/mol. The highest BCUT2D eigenvalue weighted by atomic mass is 16.5. The van der Waals surface area contributed by atoms with Crippen molar-refractivity contribution in [2.75, 3.05) is 18.0 Å². The molecule has 0 bridgehead atoms. The van der Waals surface area contributed by atoms with Gasteiger partial charge in [-0.2, -0.15) is 5.26 Å². The number of pyridine rings is 2. The van der Waals surface area contributed by atoms with E-state index in [0.717, 1.165) is 36.5 Å². The van der Waals surface area contributed by atoms with Crippen LogP contribution in [-0.4, -0.2) is 28.7 Å². The van der Waals surface area contributed by atoms with E-state index in [2.05, 4.69) is 41.9 Å². The summed E-state index contributed by atoms with van der Waals surface area (Å²) in [6, 6.07) is 15.3. The summed E-state index contributed by atoms with van der Waals surface area (Å²) in [6.45, 7) is 5.76. The molecule has 148 valence electrons. The second kappa shape index (κ2) is 7.59. The fourth-order valence-corrected chi connectivity index (χ4v) is 3.92. The number of hydrogen-bond donors (Lipinski definition) is 0. The first-order valence-electron chi connectivity index (χ1n) is 9.85. The zero-order valence-electron chi connectivity index (χ0n) is 16.9. The Labute approximate surface area is 170 Å². The molecule has 1 fully saturated rings. The van der Waals surface area contributed by atoms with E-state index >= 15 is 0 Å². The summed E-state index contributed by atoms with van der Waals surface area (Å²) >= 11 is 0. The first-order valence-corrected chi connectivity index (χ1v) is 9.85. The van der Waals surface area contributed by atoms with Crippen molar-refractivity contribution in [2.24, 2.45) is 13.0 Å². The average Bonchev–Trinajstić information content (AvgIpc) is 2.73. The number of piperidine rings is 1. The Balaban J connectivity index is 1.61. The number of hydrogen-bond acceptors (Lipinski definition) is 5. The van der Waals surface area contributed by atoms with Gasteiger partial charge in [0, 0.05) is 38.5 Å². The summed E-state index contributed by atoms with van der Waals surface area (Å²) in [7, 11) is 1.73. The van der Waals surface area contributed by atoms with E-state index in [1.807, 2.05) is 12.1 Å². The van der Waals surface area contributed by atoms with E-state index in [-0.39, 0.29) is 17.6 Å².